The smallest absolute Gasteiger partial charge is 0.0753 e. The van der Waals surface area contributed by atoms with Crippen molar-refractivity contribution in [3.63, 3.8) is 0 Å². The van der Waals surface area contributed by atoms with Crippen LogP contribution in [0.1, 0.15) is 46.5 Å². The lowest BCUT2D eigenvalue weighted by Crippen LogP contribution is -2.51. The molecule has 1 saturated heterocycles. The fourth-order valence-electron chi connectivity index (χ4n) is 3.19. The molecular weight excluding hydrogens is 212 g/mol. The molecule has 1 saturated carbocycles. The Labute approximate surface area is 106 Å². The van der Waals surface area contributed by atoms with Crippen LogP contribution >= 0.6 is 0 Å². The van der Waals surface area contributed by atoms with Gasteiger partial charge in [-0.3, -0.25) is 4.90 Å². The van der Waals surface area contributed by atoms with E-state index in [1.54, 1.807) is 0 Å². The van der Waals surface area contributed by atoms with Crippen molar-refractivity contribution in [1.29, 1.82) is 0 Å². The van der Waals surface area contributed by atoms with Crippen molar-refractivity contribution in [3.05, 3.63) is 0 Å². The largest absolute Gasteiger partial charge is 0.373 e. The number of nitrogens with one attached hydrogen (secondary N) is 1. The van der Waals surface area contributed by atoms with E-state index in [9.17, 15) is 0 Å². The SMILES string of the molecule is CCCNC1CCC(N2CCOC(C)(C)C2)C1. The Balaban J connectivity index is 1.79. The molecule has 2 rings (SSSR count). The van der Waals surface area contributed by atoms with E-state index in [0.717, 1.165) is 31.8 Å². The maximum atomic E-state index is 5.79. The Morgan fingerprint density at radius 1 is 1.35 bits per heavy atom. The van der Waals surface area contributed by atoms with Gasteiger partial charge in [-0.2, -0.15) is 0 Å². The second-order valence-electron chi connectivity index (χ2n) is 6.20. The molecule has 1 heterocycles. The fourth-order valence-corrected chi connectivity index (χ4v) is 3.19. The molecule has 0 bridgehead atoms. The molecule has 2 unspecified atom stereocenters. The normalized spacial score (nSPS) is 34.1. The highest BCUT2D eigenvalue weighted by atomic mass is 16.5. The van der Waals surface area contributed by atoms with Crippen LogP contribution in [0.15, 0.2) is 0 Å². The highest BCUT2D eigenvalue weighted by Crippen LogP contribution is 2.28. The molecule has 3 nitrogen and oxygen atoms in total. The van der Waals surface area contributed by atoms with E-state index in [0.29, 0.717) is 0 Å². The lowest BCUT2D eigenvalue weighted by atomic mass is 10.0. The lowest BCUT2D eigenvalue weighted by Gasteiger charge is -2.41. The summed E-state index contributed by atoms with van der Waals surface area (Å²) in [7, 11) is 0. The summed E-state index contributed by atoms with van der Waals surface area (Å²) in [5.41, 5.74) is 0.0488. The van der Waals surface area contributed by atoms with Crippen LogP contribution in [-0.2, 0) is 4.74 Å². The topological polar surface area (TPSA) is 24.5 Å². The van der Waals surface area contributed by atoms with Gasteiger partial charge < -0.3 is 10.1 Å². The maximum Gasteiger partial charge on any atom is 0.0753 e. The summed E-state index contributed by atoms with van der Waals surface area (Å²) in [5, 5.41) is 3.66. The standard InChI is InChI=1S/C14H28N2O/c1-4-7-15-12-5-6-13(10-12)16-8-9-17-14(2,3)11-16/h12-13,15H,4-11H2,1-3H3. The van der Waals surface area contributed by atoms with Crippen LogP contribution in [0, 0.1) is 0 Å². The Hall–Kier alpha value is -0.120. The van der Waals surface area contributed by atoms with Gasteiger partial charge in [-0.25, -0.2) is 0 Å². The summed E-state index contributed by atoms with van der Waals surface area (Å²) in [6, 6.07) is 1.54. The molecule has 100 valence electrons. The molecule has 2 atom stereocenters. The van der Waals surface area contributed by atoms with E-state index in [1.807, 2.05) is 0 Å². The molecule has 17 heavy (non-hydrogen) atoms. The van der Waals surface area contributed by atoms with Gasteiger partial charge in [0.25, 0.3) is 0 Å². The van der Waals surface area contributed by atoms with Gasteiger partial charge >= 0.3 is 0 Å². The quantitative estimate of drug-likeness (QED) is 0.813. The zero-order valence-corrected chi connectivity index (χ0v) is 11.7. The average Bonchev–Trinajstić information content (AvgIpc) is 2.73. The van der Waals surface area contributed by atoms with Gasteiger partial charge in [-0.1, -0.05) is 6.92 Å². The van der Waals surface area contributed by atoms with Gasteiger partial charge in [0.15, 0.2) is 0 Å². The molecule has 2 aliphatic rings. The molecule has 0 amide bonds. The van der Waals surface area contributed by atoms with E-state index in [-0.39, 0.29) is 5.60 Å². The van der Waals surface area contributed by atoms with E-state index in [2.05, 4.69) is 31.0 Å². The first-order valence-corrected chi connectivity index (χ1v) is 7.22. The third-order valence-electron chi connectivity index (χ3n) is 4.06. The average molecular weight is 240 g/mol. The summed E-state index contributed by atoms with van der Waals surface area (Å²) in [6.07, 6.45) is 5.28. The fraction of sp³-hybridized carbons (Fsp3) is 1.00. The Morgan fingerprint density at radius 2 is 2.18 bits per heavy atom. The zero-order valence-electron chi connectivity index (χ0n) is 11.7. The molecule has 0 radical (unpaired) electrons. The van der Waals surface area contributed by atoms with E-state index in [4.69, 9.17) is 4.74 Å². The van der Waals surface area contributed by atoms with Crippen LogP contribution in [0.2, 0.25) is 0 Å². The number of nitrogens with zero attached hydrogens (tertiary/aromatic N) is 1. The highest BCUT2D eigenvalue weighted by molar-refractivity contribution is 4.90. The van der Waals surface area contributed by atoms with Gasteiger partial charge in [0.2, 0.25) is 0 Å². The molecule has 1 N–H and O–H groups in total. The predicted octanol–water partition coefficient (Wildman–Crippen LogP) is 2.02. The van der Waals surface area contributed by atoms with Gasteiger partial charge in [0.1, 0.15) is 0 Å². The van der Waals surface area contributed by atoms with Crippen molar-refractivity contribution < 1.29 is 4.74 Å². The third kappa shape index (κ3) is 3.67. The van der Waals surface area contributed by atoms with Crippen molar-refractivity contribution in [2.75, 3.05) is 26.2 Å². The highest BCUT2D eigenvalue weighted by Gasteiger charge is 2.34. The summed E-state index contributed by atoms with van der Waals surface area (Å²) in [4.78, 5) is 2.65. The molecule has 3 heteroatoms. The van der Waals surface area contributed by atoms with E-state index >= 15 is 0 Å². The monoisotopic (exact) mass is 240 g/mol. The molecule has 0 aromatic carbocycles. The third-order valence-corrected chi connectivity index (χ3v) is 4.06. The minimum atomic E-state index is 0.0488. The van der Waals surface area contributed by atoms with Crippen LogP contribution in [-0.4, -0.2) is 48.8 Å². The molecule has 0 aromatic heterocycles. The molecule has 1 aliphatic heterocycles. The first-order chi connectivity index (χ1) is 8.11. The second-order valence-corrected chi connectivity index (χ2v) is 6.20. The van der Waals surface area contributed by atoms with Gasteiger partial charge in [0, 0.05) is 25.2 Å². The van der Waals surface area contributed by atoms with Gasteiger partial charge in [-0.05, 0) is 46.1 Å². The van der Waals surface area contributed by atoms with Crippen molar-refractivity contribution in [2.45, 2.75) is 64.1 Å². The minimum Gasteiger partial charge on any atom is -0.373 e. The molecular formula is C14H28N2O. The summed E-state index contributed by atoms with van der Waals surface area (Å²) in [5.74, 6) is 0. The van der Waals surface area contributed by atoms with E-state index < -0.39 is 0 Å². The number of ether oxygens (including phenoxy) is 1. The van der Waals surface area contributed by atoms with Crippen LogP contribution in [0.5, 0.6) is 0 Å². The number of morpholine rings is 1. The van der Waals surface area contributed by atoms with Crippen molar-refractivity contribution in [2.24, 2.45) is 0 Å². The second kappa shape index (κ2) is 5.68. The first kappa shape index (κ1) is 13.3. The molecule has 0 aromatic rings. The number of hydrogen-bond acceptors (Lipinski definition) is 3. The summed E-state index contributed by atoms with van der Waals surface area (Å²) in [6.45, 7) is 10.9. The Morgan fingerprint density at radius 3 is 2.88 bits per heavy atom. The van der Waals surface area contributed by atoms with Gasteiger partial charge in [0.05, 0.1) is 12.2 Å². The van der Waals surface area contributed by atoms with Crippen molar-refractivity contribution in [3.8, 4) is 0 Å². The van der Waals surface area contributed by atoms with Crippen molar-refractivity contribution >= 4 is 0 Å². The molecule has 0 spiro atoms. The lowest BCUT2D eigenvalue weighted by molar-refractivity contribution is -0.0965. The van der Waals surface area contributed by atoms with Crippen molar-refractivity contribution in [1.82, 2.24) is 10.2 Å². The van der Waals surface area contributed by atoms with Crippen LogP contribution in [0.3, 0.4) is 0 Å². The van der Waals surface area contributed by atoms with Crippen LogP contribution < -0.4 is 5.32 Å². The number of hydrogen-bond donors (Lipinski definition) is 1. The predicted molar refractivity (Wildman–Crippen MR) is 71.3 cm³/mol. The van der Waals surface area contributed by atoms with E-state index in [1.165, 1.54) is 32.2 Å². The van der Waals surface area contributed by atoms with Crippen LogP contribution in [0.25, 0.3) is 0 Å². The number of rotatable bonds is 4. The summed E-state index contributed by atoms with van der Waals surface area (Å²) >= 11 is 0. The maximum absolute atomic E-state index is 5.79. The van der Waals surface area contributed by atoms with Crippen LogP contribution in [0.4, 0.5) is 0 Å². The summed E-state index contributed by atoms with van der Waals surface area (Å²) < 4.78 is 5.79. The zero-order chi connectivity index (χ0) is 12.3. The first-order valence-electron chi connectivity index (χ1n) is 7.22. The minimum absolute atomic E-state index is 0.0488. The Kier molecular flexibility index (Phi) is 4.45. The molecule has 2 fully saturated rings. The van der Waals surface area contributed by atoms with Gasteiger partial charge in [-0.15, -0.1) is 0 Å². The molecule has 1 aliphatic carbocycles. The Bertz CT molecular complexity index is 242.